The molecule has 3 aromatic rings. The maximum Gasteiger partial charge on any atom is 0.294 e. The minimum absolute atomic E-state index is 0.0533. The van der Waals surface area contributed by atoms with Crippen LogP contribution >= 0.6 is 11.3 Å². The quantitative estimate of drug-likeness (QED) is 0.482. The molecule has 1 unspecified atom stereocenters. The number of nitrogens with zero attached hydrogens (tertiary/aromatic N) is 3. The Kier molecular flexibility index (Phi) is 6.43. The summed E-state index contributed by atoms with van der Waals surface area (Å²) in [5.74, 6) is -0.850. The van der Waals surface area contributed by atoms with Gasteiger partial charge in [-0.3, -0.25) is 14.5 Å². The molecule has 0 saturated carbocycles. The number of hydrogen-bond donors (Lipinski definition) is 1. The molecule has 7 nitrogen and oxygen atoms in total. The first kappa shape index (κ1) is 23.5. The second kappa shape index (κ2) is 9.30. The van der Waals surface area contributed by atoms with Gasteiger partial charge in [0.2, 0.25) is 5.78 Å². The zero-order chi connectivity index (χ0) is 24.6. The van der Waals surface area contributed by atoms with Gasteiger partial charge in [-0.25, -0.2) is 4.98 Å². The van der Waals surface area contributed by atoms with E-state index in [-0.39, 0.29) is 11.4 Å². The highest BCUT2D eigenvalue weighted by Gasteiger charge is 2.45. The van der Waals surface area contributed by atoms with Crippen molar-refractivity contribution in [2.75, 3.05) is 30.5 Å². The first-order valence-corrected chi connectivity index (χ1v) is 11.8. The van der Waals surface area contributed by atoms with Crippen LogP contribution in [-0.2, 0) is 4.79 Å². The van der Waals surface area contributed by atoms with Crippen molar-refractivity contribution < 1.29 is 19.4 Å². The molecule has 2 aromatic carbocycles. The number of ketones is 1. The molecule has 1 N–H and O–H groups in total. The average Bonchev–Trinajstić information content (AvgIpc) is 3.29. The van der Waals surface area contributed by atoms with Crippen molar-refractivity contribution in [2.24, 2.45) is 0 Å². The van der Waals surface area contributed by atoms with Gasteiger partial charge in [-0.1, -0.05) is 12.1 Å². The van der Waals surface area contributed by atoms with Crippen molar-refractivity contribution in [3.8, 4) is 5.75 Å². The van der Waals surface area contributed by atoms with E-state index in [4.69, 9.17) is 4.74 Å². The van der Waals surface area contributed by atoms with Crippen molar-refractivity contribution in [3.63, 3.8) is 0 Å². The van der Waals surface area contributed by atoms with E-state index in [1.54, 1.807) is 19.1 Å². The maximum absolute atomic E-state index is 13.7. The molecule has 2 heterocycles. The number of aryl methyl sites for hydroxylation is 2. The lowest BCUT2D eigenvalue weighted by molar-refractivity contribution is -0.117. The fourth-order valence-electron chi connectivity index (χ4n) is 4.11. The summed E-state index contributed by atoms with van der Waals surface area (Å²) >= 11 is 1.26. The number of aliphatic hydroxyl groups is 1. The van der Waals surface area contributed by atoms with Crippen molar-refractivity contribution in [1.82, 2.24) is 4.98 Å². The summed E-state index contributed by atoms with van der Waals surface area (Å²) in [6.07, 6.45) is 0. The lowest BCUT2D eigenvalue weighted by Gasteiger charge is -2.27. The van der Waals surface area contributed by atoms with Gasteiger partial charge in [0.25, 0.3) is 5.91 Å². The molecule has 176 valence electrons. The SMILES string of the molecule is CCOc1ccc(C2C(C(=O)c3sc(C)nc3C)=C(O)C(=O)N2c2ccc(N(C)C)cc2)cc1. The molecule has 1 aromatic heterocycles. The van der Waals surface area contributed by atoms with E-state index in [1.165, 1.54) is 16.2 Å². The van der Waals surface area contributed by atoms with E-state index in [0.717, 1.165) is 10.7 Å². The van der Waals surface area contributed by atoms with Crippen LogP contribution in [0.1, 0.15) is 38.9 Å². The average molecular weight is 478 g/mol. The summed E-state index contributed by atoms with van der Waals surface area (Å²) in [5, 5.41) is 11.7. The van der Waals surface area contributed by atoms with Gasteiger partial charge >= 0.3 is 0 Å². The zero-order valence-electron chi connectivity index (χ0n) is 19.8. The molecule has 1 aliphatic heterocycles. The number of anilines is 2. The molecule has 1 atom stereocenters. The van der Waals surface area contributed by atoms with Crippen LogP contribution in [0.3, 0.4) is 0 Å². The molecule has 0 aliphatic carbocycles. The smallest absolute Gasteiger partial charge is 0.294 e. The standard InChI is InChI=1S/C26H27N3O4S/c1-6-33-20-13-7-17(8-14-20)22-21(23(30)25-15(2)27-16(3)34-25)24(31)26(32)29(22)19-11-9-18(10-12-19)28(4)5/h7-14,22,31H,6H2,1-5H3. The number of aliphatic hydroxyl groups excluding tert-OH is 1. The fourth-order valence-corrected chi connectivity index (χ4v) is 4.98. The fraction of sp³-hybridized carbons (Fsp3) is 0.269. The van der Waals surface area contributed by atoms with Gasteiger partial charge in [0.1, 0.15) is 5.75 Å². The van der Waals surface area contributed by atoms with E-state index in [2.05, 4.69) is 4.98 Å². The van der Waals surface area contributed by atoms with E-state index >= 15 is 0 Å². The number of benzene rings is 2. The number of hydrogen-bond acceptors (Lipinski definition) is 7. The molecule has 0 fully saturated rings. The molecule has 1 aliphatic rings. The number of ether oxygens (including phenoxy) is 1. The normalized spacial score (nSPS) is 15.7. The maximum atomic E-state index is 13.7. The van der Waals surface area contributed by atoms with Crippen LogP contribution in [0.4, 0.5) is 11.4 Å². The minimum atomic E-state index is -0.789. The summed E-state index contributed by atoms with van der Waals surface area (Å²) in [6.45, 7) is 6.01. The Morgan fingerprint density at radius 2 is 1.76 bits per heavy atom. The first-order chi connectivity index (χ1) is 16.2. The van der Waals surface area contributed by atoms with E-state index in [0.29, 0.717) is 34.2 Å². The Morgan fingerprint density at radius 1 is 1.12 bits per heavy atom. The van der Waals surface area contributed by atoms with Crippen molar-refractivity contribution in [2.45, 2.75) is 26.8 Å². The third kappa shape index (κ3) is 4.17. The molecule has 0 radical (unpaired) electrons. The first-order valence-electron chi connectivity index (χ1n) is 11.0. The van der Waals surface area contributed by atoms with Crippen LogP contribution in [0, 0.1) is 13.8 Å². The Balaban J connectivity index is 1.84. The van der Waals surface area contributed by atoms with Crippen molar-refractivity contribution in [1.29, 1.82) is 0 Å². The second-order valence-electron chi connectivity index (χ2n) is 8.23. The molecule has 1 amide bonds. The molecular weight excluding hydrogens is 450 g/mol. The number of thiazole rings is 1. The van der Waals surface area contributed by atoms with Gasteiger partial charge in [0, 0.05) is 25.5 Å². The van der Waals surface area contributed by atoms with Gasteiger partial charge in [0.05, 0.1) is 33.8 Å². The predicted molar refractivity (Wildman–Crippen MR) is 134 cm³/mol. The lowest BCUT2D eigenvalue weighted by Crippen LogP contribution is -2.31. The minimum Gasteiger partial charge on any atom is -0.503 e. The molecule has 0 bridgehead atoms. The van der Waals surface area contributed by atoms with Gasteiger partial charge in [-0.05, 0) is 62.7 Å². The molecule has 0 spiro atoms. The van der Waals surface area contributed by atoms with Crippen LogP contribution < -0.4 is 14.5 Å². The van der Waals surface area contributed by atoms with E-state index < -0.39 is 17.7 Å². The Morgan fingerprint density at radius 3 is 2.29 bits per heavy atom. The highest BCUT2D eigenvalue weighted by atomic mass is 32.1. The van der Waals surface area contributed by atoms with Gasteiger partial charge < -0.3 is 14.7 Å². The van der Waals surface area contributed by atoms with E-state index in [9.17, 15) is 14.7 Å². The van der Waals surface area contributed by atoms with Crippen LogP contribution in [0.2, 0.25) is 0 Å². The summed E-state index contributed by atoms with van der Waals surface area (Å²) in [6, 6.07) is 13.9. The topological polar surface area (TPSA) is 83.0 Å². The Labute approximate surface area is 202 Å². The van der Waals surface area contributed by atoms with E-state index in [1.807, 2.05) is 69.2 Å². The highest BCUT2D eigenvalue weighted by molar-refractivity contribution is 7.14. The third-order valence-corrected chi connectivity index (χ3v) is 6.79. The summed E-state index contributed by atoms with van der Waals surface area (Å²) < 4.78 is 5.55. The lowest BCUT2D eigenvalue weighted by atomic mass is 9.94. The van der Waals surface area contributed by atoms with Gasteiger partial charge in [-0.2, -0.15) is 0 Å². The number of rotatable bonds is 7. The summed E-state index contributed by atoms with van der Waals surface area (Å²) in [5.41, 5.74) is 2.88. The third-order valence-electron chi connectivity index (χ3n) is 5.71. The highest BCUT2D eigenvalue weighted by Crippen LogP contribution is 2.43. The predicted octanol–water partition coefficient (Wildman–Crippen LogP) is 5.01. The second-order valence-corrected chi connectivity index (χ2v) is 9.43. The van der Waals surface area contributed by atoms with Crippen LogP contribution in [0.25, 0.3) is 0 Å². The summed E-state index contributed by atoms with van der Waals surface area (Å²) in [7, 11) is 3.87. The van der Waals surface area contributed by atoms with Crippen LogP contribution in [0.15, 0.2) is 59.9 Å². The Bertz CT molecular complexity index is 1260. The molecule has 34 heavy (non-hydrogen) atoms. The molecular formula is C26H27N3O4S. The van der Waals surface area contributed by atoms with Gasteiger partial charge in [0.15, 0.2) is 5.76 Å². The molecule has 8 heteroatoms. The van der Waals surface area contributed by atoms with Gasteiger partial charge in [-0.15, -0.1) is 11.3 Å². The number of carbonyl (C=O) groups is 2. The van der Waals surface area contributed by atoms with Crippen LogP contribution in [-0.4, -0.2) is 42.5 Å². The number of Topliss-reactive ketones (excluding diaryl/α,β-unsaturated/α-hetero) is 1. The number of carbonyl (C=O) groups excluding carboxylic acids is 2. The Hall–Kier alpha value is -3.65. The number of aromatic nitrogens is 1. The molecule has 4 rings (SSSR count). The summed E-state index contributed by atoms with van der Waals surface area (Å²) in [4.78, 5) is 35.2. The largest absolute Gasteiger partial charge is 0.503 e. The molecule has 0 saturated heterocycles. The monoisotopic (exact) mass is 477 g/mol. The van der Waals surface area contributed by atoms with Crippen molar-refractivity contribution >= 4 is 34.4 Å². The van der Waals surface area contributed by atoms with Crippen LogP contribution in [0.5, 0.6) is 5.75 Å². The van der Waals surface area contributed by atoms with Crippen molar-refractivity contribution in [3.05, 3.63) is 81.0 Å². The number of amides is 1. The zero-order valence-corrected chi connectivity index (χ0v) is 20.6.